The predicted octanol–water partition coefficient (Wildman–Crippen LogP) is 5.79. The molecular formula is C30H29N3O4. The smallest absolute Gasteiger partial charge is 0.209 e. The fraction of sp³-hybridized carbons (Fsp3) is 0.267. The van der Waals surface area contributed by atoms with E-state index in [-0.39, 0.29) is 17.7 Å². The molecule has 7 heteroatoms. The molecule has 1 N–H and O–H groups in total. The topological polar surface area (TPSA) is 74.6 Å². The molecule has 0 saturated carbocycles. The van der Waals surface area contributed by atoms with Crippen LogP contribution >= 0.6 is 0 Å². The number of carbonyl (C=O) groups is 1. The fourth-order valence-electron chi connectivity index (χ4n) is 5.66. The molecule has 6 rings (SSSR count). The van der Waals surface area contributed by atoms with Gasteiger partial charge in [-0.1, -0.05) is 42.0 Å². The number of rotatable bonds is 5. The Bertz CT molecular complexity index is 1530. The Kier molecular flexibility index (Phi) is 5.63. The van der Waals surface area contributed by atoms with E-state index < -0.39 is 0 Å². The molecule has 0 radical (unpaired) electrons. The summed E-state index contributed by atoms with van der Waals surface area (Å²) in [6.45, 7) is 2.07. The average Bonchev–Trinajstić information content (AvgIpc) is 3.29. The van der Waals surface area contributed by atoms with E-state index in [9.17, 15) is 4.79 Å². The van der Waals surface area contributed by atoms with Crippen LogP contribution in [0, 0.1) is 6.92 Å². The lowest BCUT2D eigenvalue weighted by Crippen LogP contribution is -2.33. The van der Waals surface area contributed by atoms with Gasteiger partial charge in [0.05, 0.1) is 38.4 Å². The van der Waals surface area contributed by atoms with Gasteiger partial charge in [-0.2, -0.15) is 0 Å². The molecule has 1 aromatic heterocycles. The largest absolute Gasteiger partial charge is 0.493 e. The second kappa shape index (κ2) is 9.00. The number of anilines is 1. The molecule has 1 aliphatic heterocycles. The van der Waals surface area contributed by atoms with Crippen LogP contribution in [0.4, 0.5) is 5.95 Å². The first-order valence-electron chi connectivity index (χ1n) is 12.4. The van der Waals surface area contributed by atoms with E-state index in [0.717, 1.165) is 39.4 Å². The van der Waals surface area contributed by atoms with Crippen molar-refractivity contribution in [3.05, 3.63) is 88.6 Å². The molecule has 4 aromatic rings. The predicted molar refractivity (Wildman–Crippen MR) is 143 cm³/mol. The highest BCUT2D eigenvalue weighted by atomic mass is 16.5. The van der Waals surface area contributed by atoms with Crippen LogP contribution in [-0.2, 0) is 4.79 Å². The van der Waals surface area contributed by atoms with Crippen LogP contribution in [0.15, 0.2) is 71.9 Å². The highest BCUT2D eigenvalue weighted by molar-refractivity contribution is 6.01. The molecule has 0 spiro atoms. The number of nitrogens with zero attached hydrogens (tertiary/aromatic N) is 2. The lowest BCUT2D eigenvalue weighted by molar-refractivity contribution is -0.116. The molecule has 2 heterocycles. The highest BCUT2D eigenvalue weighted by Gasteiger charge is 2.40. The van der Waals surface area contributed by atoms with Gasteiger partial charge in [0.25, 0.3) is 0 Å². The number of hydrogen-bond donors (Lipinski definition) is 1. The molecule has 2 unspecified atom stereocenters. The molecule has 2 atom stereocenters. The summed E-state index contributed by atoms with van der Waals surface area (Å²) in [5.74, 6) is 2.55. The summed E-state index contributed by atoms with van der Waals surface area (Å²) in [4.78, 5) is 18.8. The zero-order valence-corrected chi connectivity index (χ0v) is 21.4. The van der Waals surface area contributed by atoms with Gasteiger partial charge in [0.15, 0.2) is 17.3 Å². The Hall–Kier alpha value is -4.26. The molecule has 3 aromatic carbocycles. The number of ether oxygens (including phenoxy) is 3. The van der Waals surface area contributed by atoms with Gasteiger partial charge < -0.3 is 19.5 Å². The van der Waals surface area contributed by atoms with E-state index in [0.29, 0.717) is 30.1 Å². The Labute approximate surface area is 215 Å². The van der Waals surface area contributed by atoms with Gasteiger partial charge in [-0.3, -0.25) is 9.36 Å². The quantitative estimate of drug-likeness (QED) is 0.378. The first-order valence-corrected chi connectivity index (χ1v) is 12.4. The average molecular weight is 496 g/mol. The zero-order valence-electron chi connectivity index (χ0n) is 21.4. The Morgan fingerprint density at radius 1 is 0.892 bits per heavy atom. The van der Waals surface area contributed by atoms with Crippen LogP contribution in [0.3, 0.4) is 0 Å². The highest BCUT2D eigenvalue weighted by Crippen LogP contribution is 2.48. The summed E-state index contributed by atoms with van der Waals surface area (Å²) in [6.07, 6.45) is 1.06. The van der Waals surface area contributed by atoms with Gasteiger partial charge >= 0.3 is 0 Å². The molecular weight excluding hydrogens is 466 g/mol. The number of aromatic nitrogens is 2. The summed E-state index contributed by atoms with van der Waals surface area (Å²) in [6, 6.07) is 20.1. The van der Waals surface area contributed by atoms with Crippen molar-refractivity contribution in [1.82, 2.24) is 9.55 Å². The number of para-hydroxylation sites is 2. The molecule has 2 aliphatic rings. The number of Topliss-reactive ketones (excluding diaryl/α,β-unsaturated/α-hetero) is 1. The molecule has 37 heavy (non-hydrogen) atoms. The minimum Gasteiger partial charge on any atom is -0.493 e. The Balaban J connectivity index is 1.48. The number of aryl methyl sites for hydroxylation is 1. The first-order chi connectivity index (χ1) is 18.0. The molecule has 0 amide bonds. The molecule has 0 bridgehead atoms. The van der Waals surface area contributed by atoms with Gasteiger partial charge in [0, 0.05) is 17.7 Å². The maximum absolute atomic E-state index is 13.9. The van der Waals surface area contributed by atoms with Crippen LogP contribution in [0.5, 0.6) is 17.2 Å². The maximum Gasteiger partial charge on any atom is 0.209 e. The third-order valence-corrected chi connectivity index (χ3v) is 7.45. The summed E-state index contributed by atoms with van der Waals surface area (Å²) in [5, 5.41) is 3.53. The molecule has 1 aliphatic carbocycles. The third-order valence-electron chi connectivity index (χ3n) is 7.45. The van der Waals surface area contributed by atoms with Crippen molar-refractivity contribution in [2.75, 3.05) is 26.6 Å². The second-order valence-corrected chi connectivity index (χ2v) is 9.61. The number of hydrogen-bond acceptors (Lipinski definition) is 6. The summed E-state index contributed by atoms with van der Waals surface area (Å²) in [7, 11) is 4.80. The number of carbonyl (C=O) groups excluding carboxylic acids is 1. The molecule has 0 saturated heterocycles. The van der Waals surface area contributed by atoms with Crippen molar-refractivity contribution in [3.8, 4) is 17.2 Å². The van der Waals surface area contributed by atoms with Gasteiger partial charge in [0.1, 0.15) is 0 Å². The number of methoxy groups -OCH3 is 3. The number of benzene rings is 3. The molecule has 188 valence electrons. The molecule has 7 nitrogen and oxygen atoms in total. The van der Waals surface area contributed by atoms with Gasteiger partial charge in [-0.05, 0) is 54.7 Å². The van der Waals surface area contributed by atoms with Crippen molar-refractivity contribution in [3.63, 3.8) is 0 Å². The summed E-state index contributed by atoms with van der Waals surface area (Å²) in [5.41, 5.74) is 6.86. The number of nitrogens with one attached hydrogen (secondary N) is 1. The minimum atomic E-state index is -0.243. The monoisotopic (exact) mass is 495 g/mol. The van der Waals surface area contributed by atoms with E-state index >= 15 is 0 Å². The third kappa shape index (κ3) is 3.73. The van der Waals surface area contributed by atoms with E-state index in [1.54, 1.807) is 21.3 Å². The second-order valence-electron chi connectivity index (χ2n) is 9.61. The lowest BCUT2D eigenvalue weighted by atomic mass is 9.77. The summed E-state index contributed by atoms with van der Waals surface area (Å²) < 4.78 is 18.8. The number of fused-ring (bicyclic) bond motifs is 3. The van der Waals surface area contributed by atoms with E-state index in [2.05, 4.69) is 47.1 Å². The minimum absolute atomic E-state index is 0.0398. The van der Waals surface area contributed by atoms with E-state index in [1.807, 2.05) is 30.3 Å². The van der Waals surface area contributed by atoms with Gasteiger partial charge in [0.2, 0.25) is 11.7 Å². The number of imidazole rings is 1. The normalized spacial score (nSPS) is 18.8. The van der Waals surface area contributed by atoms with E-state index in [1.165, 1.54) is 5.56 Å². The standard InChI is InChI=1S/C30H29N3O4/c1-17-9-11-18(12-10-17)28-27-22(32-30-31-21-7-5-6-8-23(21)33(28)30)13-19(14-24(27)34)20-15-25(35-2)29(37-4)26(16-20)36-3/h5-12,15-16,19,28H,13-14H2,1-4H3,(H,31,32). The van der Waals surface area contributed by atoms with Crippen LogP contribution in [0.25, 0.3) is 11.0 Å². The summed E-state index contributed by atoms with van der Waals surface area (Å²) >= 11 is 0. The van der Waals surface area contributed by atoms with Crippen LogP contribution < -0.4 is 19.5 Å². The SMILES string of the molecule is COc1cc(C2CC(=O)C3=C(C2)Nc2nc4ccccc4n2C3c2ccc(C)cc2)cc(OC)c1OC. The van der Waals surface area contributed by atoms with Crippen molar-refractivity contribution >= 4 is 22.8 Å². The van der Waals surface area contributed by atoms with Crippen LogP contribution in [-0.4, -0.2) is 36.7 Å². The first kappa shape index (κ1) is 23.2. The van der Waals surface area contributed by atoms with Crippen molar-refractivity contribution in [2.24, 2.45) is 0 Å². The Morgan fingerprint density at radius 3 is 2.27 bits per heavy atom. The molecule has 0 fully saturated rings. The van der Waals surface area contributed by atoms with E-state index in [4.69, 9.17) is 19.2 Å². The van der Waals surface area contributed by atoms with Gasteiger partial charge in [-0.25, -0.2) is 4.98 Å². The van der Waals surface area contributed by atoms with Crippen molar-refractivity contribution in [1.29, 1.82) is 0 Å². The number of ketones is 1. The number of allylic oxidation sites excluding steroid dienone is 2. The zero-order chi connectivity index (χ0) is 25.7. The van der Waals surface area contributed by atoms with Crippen molar-refractivity contribution < 1.29 is 19.0 Å². The maximum atomic E-state index is 13.9. The Morgan fingerprint density at radius 2 is 1.59 bits per heavy atom. The van der Waals surface area contributed by atoms with Crippen molar-refractivity contribution in [2.45, 2.75) is 31.7 Å². The van der Waals surface area contributed by atoms with Gasteiger partial charge in [-0.15, -0.1) is 0 Å². The van der Waals surface area contributed by atoms with Crippen LogP contribution in [0.1, 0.15) is 41.5 Å². The lowest BCUT2D eigenvalue weighted by Gasteiger charge is -2.36. The fourth-order valence-corrected chi connectivity index (χ4v) is 5.66. The van der Waals surface area contributed by atoms with Crippen LogP contribution in [0.2, 0.25) is 0 Å².